The first-order chi connectivity index (χ1) is 39.8. The van der Waals surface area contributed by atoms with Gasteiger partial charge in [-0.05, 0) is 51.9 Å². The van der Waals surface area contributed by atoms with Crippen molar-refractivity contribution in [3.63, 3.8) is 0 Å². The van der Waals surface area contributed by atoms with Crippen LogP contribution in [0, 0.1) is 0 Å². The van der Waals surface area contributed by atoms with Crippen LogP contribution < -0.4 is 21.3 Å². The first kappa shape index (κ1) is 81.9. The minimum absolute atomic E-state index is 1.14. The first-order valence-corrected chi connectivity index (χ1v) is 38.7. The minimum Gasteiger partial charge on any atom is -0.315 e. The van der Waals surface area contributed by atoms with Crippen LogP contribution in [0.15, 0.2) is 0 Å². The zero-order chi connectivity index (χ0) is 57.7. The summed E-state index contributed by atoms with van der Waals surface area (Å²) < 4.78 is 0. The summed E-state index contributed by atoms with van der Waals surface area (Å²) in [6.07, 6.45) is 92.9. The minimum atomic E-state index is 1.14. The van der Waals surface area contributed by atoms with Crippen molar-refractivity contribution in [3.8, 4) is 0 Å². The van der Waals surface area contributed by atoms with Gasteiger partial charge in [0.1, 0.15) is 0 Å². The van der Waals surface area contributed by atoms with Crippen molar-refractivity contribution < 1.29 is 0 Å². The van der Waals surface area contributed by atoms with Crippen molar-refractivity contribution in [2.24, 2.45) is 0 Å². The second-order valence-corrected chi connectivity index (χ2v) is 26.2. The Hall–Kier alpha value is -0.160. The van der Waals surface area contributed by atoms with Crippen LogP contribution in [0.1, 0.15) is 439 Å². The Morgan fingerprint density at radius 2 is 0.188 bits per heavy atom. The molecule has 0 aliphatic heterocycles. The summed E-state index contributed by atoms with van der Waals surface area (Å²) in [6.45, 7) is 18.6. The number of rotatable bonds is 74. The van der Waals surface area contributed by atoms with Gasteiger partial charge < -0.3 is 21.3 Å². The molecule has 0 saturated carbocycles. The SMILES string of the molecule is CCCCCCCCCCCCCCCCCCNCCNCCCCCCCCCCCCCCCCCC.CCCCCCCCCCCCCCCCCCNCCNCCCCCCCCCCCCCCCCCC. The predicted octanol–water partition coefficient (Wildman–Crippen LogP) is 25.4. The van der Waals surface area contributed by atoms with E-state index in [1.165, 1.54) is 437 Å². The number of unbranched alkanes of at least 4 members (excludes halogenated alkanes) is 60. The van der Waals surface area contributed by atoms with Crippen LogP contribution >= 0.6 is 0 Å². The molecule has 4 N–H and O–H groups in total. The largest absolute Gasteiger partial charge is 0.315 e. The van der Waals surface area contributed by atoms with Gasteiger partial charge in [-0.2, -0.15) is 0 Å². The molecule has 0 amide bonds. The molecule has 80 heavy (non-hydrogen) atoms. The van der Waals surface area contributed by atoms with E-state index in [2.05, 4.69) is 49.0 Å². The van der Waals surface area contributed by atoms with Gasteiger partial charge in [0.05, 0.1) is 0 Å². The lowest BCUT2D eigenvalue weighted by Crippen LogP contribution is -2.28. The van der Waals surface area contributed by atoms with E-state index in [1.807, 2.05) is 0 Å². The summed E-state index contributed by atoms with van der Waals surface area (Å²) in [4.78, 5) is 0. The molecule has 0 saturated heterocycles. The molecule has 0 bridgehead atoms. The van der Waals surface area contributed by atoms with Crippen LogP contribution in [-0.4, -0.2) is 52.4 Å². The molecule has 0 aliphatic rings. The van der Waals surface area contributed by atoms with E-state index in [0.717, 1.165) is 26.2 Å². The summed E-state index contributed by atoms with van der Waals surface area (Å²) in [5.74, 6) is 0. The van der Waals surface area contributed by atoms with Crippen LogP contribution in [0.4, 0.5) is 0 Å². The average molecular weight is 1130 g/mol. The Kier molecular flexibility index (Phi) is 85.0. The Morgan fingerprint density at radius 3 is 0.287 bits per heavy atom. The van der Waals surface area contributed by atoms with E-state index < -0.39 is 0 Å². The van der Waals surface area contributed by atoms with E-state index in [0.29, 0.717) is 0 Å². The number of hydrogen-bond acceptors (Lipinski definition) is 4. The maximum Gasteiger partial charge on any atom is 0.00767 e. The normalized spacial score (nSPS) is 11.6. The van der Waals surface area contributed by atoms with Gasteiger partial charge in [-0.1, -0.05) is 413 Å². The summed E-state index contributed by atoms with van der Waals surface area (Å²) in [5, 5.41) is 14.5. The van der Waals surface area contributed by atoms with Crippen molar-refractivity contribution in [2.45, 2.75) is 439 Å². The van der Waals surface area contributed by atoms with Gasteiger partial charge in [-0.3, -0.25) is 0 Å². The third kappa shape index (κ3) is 84.3. The Bertz CT molecular complexity index is 821. The molecule has 0 aromatic carbocycles. The van der Waals surface area contributed by atoms with Crippen LogP contribution in [-0.2, 0) is 0 Å². The molecule has 0 fully saturated rings. The van der Waals surface area contributed by atoms with Crippen molar-refractivity contribution in [2.75, 3.05) is 52.4 Å². The van der Waals surface area contributed by atoms with E-state index >= 15 is 0 Å². The van der Waals surface area contributed by atoms with Gasteiger partial charge in [0, 0.05) is 26.2 Å². The Balaban J connectivity index is 0. The summed E-state index contributed by atoms with van der Waals surface area (Å²) in [5.41, 5.74) is 0. The molecule has 0 heterocycles. The van der Waals surface area contributed by atoms with Crippen LogP contribution in [0.5, 0.6) is 0 Å². The quantitative estimate of drug-likeness (QED) is 0.0459. The molecule has 0 aliphatic carbocycles. The predicted molar refractivity (Wildman–Crippen MR) is 370 cm³/mol. The fourth-order valence-electron chi connectivity index (χ4n) is 12.0. The highest BCUT2D eigenvalue weighted by molar-refractivity contribution is 4.59. The fourth-order valence-corrected chi connectivity index (χ4v) is 12.0. The Labute approximate surface area is 509 Å². The summed E-state index contributed by atoms with van der Waals surface area (Å²) in [7, 11) is 0. The van der Waals surface area contributed by atoms with Crippen LogP contribution in [0.3, 0.4) is 0 Å². The summed E-state index contributed by atoms with van der Waals surface area (Å²) >= 11 is 0. The molecule has 0 atom stereocenters. The molecule has 484 valence electrons. The molecule has 0 unspecified atom stereocenters. The molecular weight excluding hydrogens is 969 g/mol. The topological polar surface area (TPSA) is 48.1 Å². The highest BCUT2D eigenvalue weighted by Gasteiger charge is 2.00. The third-order valence-electron chi connectivity index (χ3n) is 17.8. The molecule has 0 spiro atoms. The monoisotopic (exact) mass is 1130 g/mol. The van der Waals surface area contributed by atoms with Gasteiger partial charge in [-0.15, -0.1) is 0 Å². The van der Waals surface area contributed by atoms with Gasteiger partial charge >= 0.3 is 0 Å². The second kappa shape index (κ2) is 83.1. The average Bonchev–Trinajstić information content (AvgIpc) is 3.47. The number of hydrogen-bond donors (Lipinski definition) is 4. The molecule has 4 heteroatoms. The zero-order valence-electron chi connectivity index (χ0n) is 56.9. The maximum atomic E-state index is 3.63. The highest BCUT2D eigenvalue weighted by atomic mass is 14.9. The van der Waals surface area contributed by atoms with E-state index in [4.69, 9.17) is 0 Å². The van der Waals surface area contributed by atoms with Crippen molar-refractivity contribution in [3.05, 3.63) is 0 Å². The van der Waals surface area contributed by atoms with E-state index in [1.54, 1.807) is 0 Å². The van der Waals surface area contributed by atoms with Gasteiger partial charge in [0.2, 0.25) is 0 Å². The molecule has 0 radical (unpaired) electrons. The van der Waals surface area contributed by atoms with Crippen molar-refractivity contribution >= 4 is 0 Å². The molecule has 0 rings (SSSR count). The van der Waals surface area contributed by atoms with Crippen LogP contribution in [0.2, 0.25) is 0 Å². The van der Waals surface area contributed by atoms with Gasteiger partial charge in [0.25, 0.3) is 0 Å². The zero-order valence-corrected chi connectivity index (χ0v) is 56.9. The van der Waals surface area contributed by atoms with Crippen molar-refractivity contribution in [1.82, 2.24) is 21.3 Å². The molecule has 0 aromatic heterocycles. The molecular formula is C76H160N4. The first-order valence-electron chi connectivity index (χ1n) is 38.7. The lowest BCUT2D eigenvalue weighted by Gasteiger charge is -2.07. The fraction of sp³-hybridized carbons (Fsp3) is 1.00. The van der Waals surface area contributed by atoms with E-state index in [9.17, 15) is 0 Å². The highest BCUT2D eigenvalue weighted by Crippen LogP contribution is 2.18. The molecule has 0 aromatic rings. The summed E-state index contributed by atoms with van der Waals surface area (Å²) in [6, 6.07) is 0. The smallest absolute Gasteiger partial charge is 0.00767 e. The molecule has 4 nitrogen and oxygen atoms in total. The van der Waals surface area contributed by atoms with Gasteiger partial charge in [-0.25, -0.2) is 0 Å². The van der Waals surface area contributed by atoms with Gasteiger partial charge in [0.15, 0.2) is 0 Å². The number of nitrogens with one attached hydrogen (secondary N) is 4. The van der Waals surface area contributed by atoms with Crippen molar-refractivity contribution in [1.29, 1.82) is 0 Å². The maximum absolute atomic E-state index is 3.63. The second-order valence-electron chi connectivity index (χ2n) is 26.2. The lowest BCUT2D eigenvalue weighted by molar-refractivity contribution is 0.517. The third-order valence-corrected chi connectivity index (χ3v) is 17.8. The van der Waals surface area contributed by atoms with Crippen LogP contribution in [0.25, 0.3) is 0 Å². The van der Waals surface area contributed by atoms with E-state index in [-0.39, 0.29) is 0 Å². The lowest BCUT2D eigenvalue weighted by atomic mass is 10.0. The standard InChI is InChI=1S/2C38H80N2/c2*1-3-5-7-9-11-13-15-17-19-21-23-25-27-29-31-33-35-39-37-38-40-36-34-32-30-28-26-24-22-20-18-16-14-12-10-8-6-4-2/h2*39-40H,3-38H2,1-2H3. The Morgan fingerprint density at radius 1 is 0.100 bits per heavy atom.